The van der Waals surface area contributed by atoms with Gasteiger partial charge >= 0.3 is 0 Å². The van der Waals surface area contributed by atoms with Crippen LogP contribution in [0.4, 0.5) is 0 Å². The van der Waals surface area contributed by atoms with E-state index in [1.807, 2.05) is 18.2 Å². The largest absolute Gasteiger partial charge is 0.496 e. The van der Waals surface area contributed by atoms with Crippen LogP contribution in [0.1, 0.15) is 11.5 Å². The first kappa shape index (κ1) is 11.7. The molecule has 88 valence electrons. The average Bonchev–Trinajstić information content (AvgIpc) is 2.57. The third-order valence-electron chi connectivity index (χ3n) is 2.76. The number of nitrogens with one attached hydrogen (secondary N) is 1. The zero-order chi connectivity index (χ0) is 11.4. The molecule has 1 heterocycles. The van der Waals surface area contributed by atoms with Gasteiger partial charge in [0.2, 0.25) is 0 Å². The van der Waals surface area contributed by atoms with Gasteiger partial charge in [0.1, 0.15) is 5.75 Å². The Labute approximate surface area is 101 Å². The van der Waals surface area contributed by atoms with E-state index in [0.29, 0.717) is 12.5 Å². The van der Waals surface area contributed by atoms with Gasteiger partial charge in [-0.3, -0.25) is 0 Å². The van der Waals surface area contributed by atoms with Gasteiger partial charge in [0.15, 0.2) is 0 Å². The molecule has 1 aromatic rings. The van der Waals surface area contributed by atoms with Gasteiger partial charge in [-0.1, -0.05) is 11.6 Å². The Morgan fingerprint density at radius 3 is 3.19 bits per heavy atom. The lowest BCUT2D eigenvalue weighted by atomic mass is 9.99. The third-order valence-corrected chi connectivity index (χ3v) is 3.00. The van der Waals surface area contributed by atoms with E-state index in [1.165, 1.54) is 0 Å². The summed E-state index contributed by atoms with van der Waals surface area (Å²) >= 11 is 6.02. The van der Waals surface area contributed by atoms with E-state index in [2.05, 4.69) is 5.32 Å². The summed E-state index contributed by atoms with van der Waals surface area (Å²) in [6.45, 7) is 3.28. The first-order valence-corrected chi connectivity index (χ1v) is 5.81. The Balaban J connectivity index is 2.25. The summed E-state index contributed by atoms with van der Waals surface area (Å²) in [4.78, 5) is 0. The maximum absolute atomic E-state index is 6.02. The second-order valence-electron chi connectivity index (χ2n) is 3.86. The first-order chi connectivity index (χ1) is 7.81. The number of methoxy groups -OCH3 is 1. The SMILES string of the molecule is COc1ccc(Cl)cc1C1CNCCOC1. The molecule has 1 aromatic carbocycles. The second-order valence-corrected chi connectivity index (χ2v) is 4.30. The second kappa shape index (κ2) is 5.53. The van der Waals surface area contributed by atoms with Crippen LogP contribution in [0.2, 0.25) is 5.02 Å². The highest BCUT2D eigenvalue weighted by Crippen LogP contribution is 2.30. The minimum absolute atomic E-state index is 0.302. The van der Waals surface area contributed by atoms with Crippen LogP contribution in [-0.4, -0.2) is 33.4 Å². The molecule has 0 saturated carbocycles. The molecule has 1 unspecified atom stereocenters. The first-order valence-electron chi connectivity index (χ1n) is 5.43. The van der Waals surface area contributed by atoms with E-state index in [0.717, 1.165) is 36.0 Å². The highest BCUT2D eigenvalue weighted by molar-refractivity contribution is 6.30. The van der Waals surface area contributed by atoms with Crippen molar-refractivity contribution >= 4 is 11.6 Å². The standard InChI is InChI=1S/C12H16ClNO2/c1-15-12-3-2-10(13)6-11(12)9-7-14-4-5-16-8-9/h2-3,6,9,14H,4-5,7-8H2,1H3. The van der Waals surface area contributed by atoms with Crippen LogP contribution < -0.4 is 10.1 Å². The molecular formula is C12H16ClNO2. The molecule has 1 fully saturated rings. The fraction of sp³-hybridized carbons (Fsp3) is 0.500. The van der Waals surface area contributed by atoms with Crippen molar-refractivity contribution in [2.75, 3.05) is 33.4 Å². The fourth-order valence-electron chi connectivity index (χ4n) is 1.93. The normalized spacial score (nSPS) is 21.5. The van der Waals surface area contributed by atoms with Crippen molar-refractivity contribution in [2.45, 2.75) is 5.92 Å². The van der Waals surface area contributed by atoms with Gasteiger partial charge in [-0.15, -0.1) is 0 Å². The van der Waals surface area contributed by atoms with E-state index >= 15 is 0 Å². The summed E-state index contributed by atoms with van der Waals surface area (Å²) in [6.07, 6.45) is 0. The number of benzene rings is 1. The van der Waals surface area contributed by atoms with Crippen molar-refractivity contribution in [2.24, 2.45) is 0 Å². The number of halogens is 1. The van der Waals surface area contributed by atoms with Crippen LogP contribution in [0.25, 0.3) is 0 Å². The van der Waals surface area contributed by atoms with Gasteiger partial charge in [-0.25, -0.2) is 0 Å². The number of hydrogen-bond acceptors (Lipinski definition) is 3. The number of rotatable bonds is 2. The molecule has 1 saturated heterocycles. The van der Waals surface area contributed by atoms with Crippen molar-refractivity contribution in [3.63, 3.8) is 0 Å². The predicted molar refractivity (Wildman–Crippen MR) is 64.4 cm³/mol. The predicted octanol–water partition coefficient (Wildman–Crippen LogP) is 2.05. The van der Waals surface area contributed by atoms with Gasteiger partial charge in [0, 0.05) is 29.6 Å². The summed E-state index contributed by atoms with van der Waals surface area (Å²) in [6, 6.07) is 5.71. The van der Waals surface area contributed by atoms with Gasteiger partial charge in [0.25, 0.3) is 0 Å². The molecule has 1 aliphatic rings. The average molecular weight is 242 g/mol. The molecule has 1 aliphatic heterocycles. The molecule has 0 radical (unpaired) electrons. The lowest BCUT2D eigenvalue weighted by Gasteiger charge is -2.17. The Hall–Kier alpha value is -0.770. The lowest BCUT2D eigenvalue weighted by Crippen LogP contribution is -2.21. The number of hydrogen-bond donors (Lipinski definition) is 1. The fourth-order valence-corrected chi connectivity index (χ4v) is 2.11. The molecule has 16 heavy (non-hydrogen) atoms. The third kappa shape index (κ3) is 2.67. The molecule has 0 bridgehead atoms. The maximum atomic E-state index is 6.02. The Morgan fingerprint density at radius 1 is 1.50 bits per heavy atom. The lowest BCUT2D eigenvalue weighted by molar-refractivity contribution is 0.140. The van der Waals surface area contributed by atoms with Crippen molar-refractivity contribution in [1.82, 2.24) is 5.32 Å². The Bertz CT molecular complexity index is 349. The van der Waals surface area contributed by atoms with Crippen LogP contribution in [0.15, 0.2) is 18.2 Å². The molecule has 0 aromatic heterocycles. The molecule has 0 spiro atoms. The Morgan fingerprint density at radius 2 is 2.38 bits per heavy atom. The van der Waals surface area contributed by atoms with Gasteiger partial charge < -0.3 is 14.8 Å². The summed E-state index contributed by atoms with van der Waals surface area (Å²) < 4.78 is 10.9. The summed E-state index contributed by atoms with van der Waals surface area (Å²) in [7, 11) is 1.68. The molecule has 4 heteroatoms. The number of ether oxygens (including phenoxy) is 2. The van der Waals surface area contributed by atoms with E-state index in [-0.39, 0.29) is 0 Å². The van der Waals surface area contributed by atoms with Gasteiger partial charge in [-0.2, -0.15) is 0 Å². The highest BCUT2D eigenvalue weighted by Gasteiger charge is 2.18. The summed E-state index contributed by atoms with van der Waals surface area (Å²) in [5.41, 5.74) is 1.12. The van der Waals surface area contributed by atoms with Crippen molar-refractivity contribution in [1.29, 1.82) is 0 Å². The van der Waals surface area contributed by atoms with Crippen molar-refractivity contribution in [3.05, 3.63) is 28.8 Å². The minimum atomic E-state index is 0.302. The van der Waals surface area contributed by atoms with Crippen LogP contribution >= 0.6 is 11.6 Å². The van der Waals surface area contributed by atoms with Crippen LogP contribution in [-0.2, 0) is 4.74 Å². The van der Waals surface area contributed by atoms with Crippen LogP contribution in [0.3, 0.4) is 0 Å². The van der Waals surface area contributed by atoms with Crippen molar-refractivity contribution < 1.29 is 9.47 Å². The van der Waals surface area contributed by atoms with Gasteiger partial charge in [-0.05, 0) is 18.2 Å². The van der Waals surface area contributed by atoms with E-state index in [4.69, 9.17) is 21.1 Å². The molecule has 3 nitrogen and oxygen atoms in total. The summed E-state index contributed by atoms with van der Waals surface area (Å²) in [5.74, 6) is 1.18. The molecule has 2 rings (SSSR count). The van der Waals surface area contributed by atoms with Crippen LogP contribution in [0, 0.1) is 0 Å². The van der Waals surface area contributed by atoms with E-state index in [9.17, 15) is 0 Å². The zero-order valence-corrected chi connectivity index (χ0v) is 10.1. The monoisotopic (exact) mass is 241 g/mol. The topological polar surface area (TPSA) is 30.5 Å². The van der Waals surface area contributed by atoms with Crippen LogP contribution in [0.5, 0.6) is 5.75 Å². The highest BCUT2D eigenvalue weighted by atomic mass is 35.5. The quantitative estimate of drug-likeness (QED) is 0.860. The van der Waals surface area contributed by atoms with E-state index < -0.39 is 0 Å². The Kier molecular flexibility index (Phi) is 4.04. The summed E-state index contributed by atoms with van der Waals surface area (Å²) in [5, 5.41) is 4.08. The minimum Gasteiger partial charge on any atom is -0.496 e. The molecule has 1 atom stereocenters. The van der Waals surface area contributed by atoms with Crippen molar-refractivity contribution in [3.8, 4) is 5.75 Å². The molecule has 0 aliphatic carbocycles. The zero-order valence-electron chi connectivity index (χ0n) is 9.33. The maximum Gasteiger partial charge on any atom is 0.122 e. The van der Waals surface area contributed by atoms with E-state index in [1.54, 1.807) is 7.11 Å². The smallest absolute Gasteiger partial charge is 0.122 e. The van der Waals surface area contributed by atoms with Gasteiger partial charge in [0.05, 0.1) is 20.3 Å². The molecule has 0 amide bonds. The molecule has 1 N–H and O–H groups in total. The molecular weight excluding hydrogens is 226 g/mol.